The Morgan fingerprint density at radius 2 is 1.47 bits per heavy atom. The summed E-state index contributed by atoms with van der Waals surface area (Å²) in [7, 11) is 0. The van der Waals surface area contributed by atoms with Crippen LogP contribution in [-0.2, 0) is 15.6 Å². The lowest BCUT2D eigenvalue weighted by atomic mass is 9.63. The Hall–Kier alpha value is -4.23. The molecule has 1 aromatic heterocycles. The van der Waals surface area contributed by atoms with Crippen molar-refractivity contribution in [1.29, 1.82) is 10.5 Å². The molecule has 0 radical (unpaired) electrons. The summed E-state index contributed by atoms with van der Waals surface area (Å²) in [5, 5.41) is 22.0. The van der Waals surface area contributed by atoms with Gasteiger partial charge < -0.3 is 10.1 Å². The summed E-state index contributed by atoms with van der Waals surface area (Å²) < 4.78 is 5.84. The van der Waals surface area contributed by atoms with Crippen LogP contribution in [-0.4, -0.2) is 15.9 Å². The van der Waals surface area contributed by atoms with Crippen molar-refractivity contribution in [3.05, 3.63) is 77.4 Å². The first-order chi connectivity index (χ1) is 16.3. The van der Waals surface area contributed by atoms with Gasteiger partial charge in [0.2, 0.25) is 5.91 Å². The van der Waals surface area contributed by atoms with E-state index in [0.717, 1.165) is 12.2 Å². The van der Waals surface area contributed by atoms with E-state index in [0.29, 0.717) is 29.2 Å². The maximum atomic E-state index is 13.9. The summed E-state index contributed by atoms with van der Waals surface area (Å²) in [6.07, 6.45) is 1.34. The number of benzene rings is 2. The minimum absolute atomic E-state index is 0.00962. The van der Waals surface area contributed by atoms with Crippen LogP contribution in [0, 0.1) is 28.1 Å². The molecule has 2 aromatic carbocycles. The van der Waals surface area contributed by atoms with Gasteiger partial charge in [-0.15, -0.1) is 0 Å². The number of hydrogen-bond acceptors (Lipinski definition) is 6. The molecule has 3 aromatic rings. The van der Waals surface area contributed by atoms with Gasteiger partial charge in [-0.2, -0.15) is 10.5 Å². The van der Waals surface area contributed by atoms with Crippen molar-refractivity contribution in [2.45, 2.75) is 44.4 Å². The minimum Gasteiger partial charge on any atom is -0.457 e. The number of nitrogens with one attached hydrogen (secondary N) is 1. The smallest absolute Gasteiger partial charge is 0.237 e. The molecule has 2 aliphatic carbocycles. The number of nitriles is 2. The van der Waals surface area contributed by atoms with Crippen molar-refractivity contribution in [3.63, 3.8) is 0 Å². The summed E-state index contributed by atoms with van der Waals surface area (Å²) in [6.45, 7) is 6.18. The van der Waals surface area contributed by atoms with E-state index in [1.165, 1.54) is 0 Å². The summed E-state index contributed by atoms with van der Waals surface area (Å²) in [5.41, 5.74) is -0.117. The van der Waals surface area contributed by atoms with Crippen molar-refractivity contribution in [1.82, 2.24) is 9.97 Å². The SMILES string of the molecule is CC12CCC(C(=O)Nc3ccc(Oc4ccccc4)cc3)(c3nc(C#N)c(C#N)nc31)C2(C)C. The summed E-state index contributed by atoms with van der Waals surface area (Å²) in [6, 6.07) is 20.6. The molecular formula is C27H23N5O2. The molecule has 2 aliphatic rings. The number of para-hydroxylation sites is 1. The van der Waals surface area contributed by atoms with Gasteiger partial charge in [0.05, 0.1) is 16.8 Å². The Labute approximate surface area is 198 Å². The Kier molecular flexibility index (Phi) is 4.70. The Morgan fingerprint density at radius 1 is 0.882 bits per heavy atom. The lowest BCUT2D eigenvalue weighted by molar-refractivity contribution is -0.125. The number of ether oxygens (including phenoxy) is 1. The van der Waals surface area contributed by atoms with Crippen LogP contribution in [0.5, 0.6) is 11.5 Å². The molecule has 5 rings (SSSR count). The average molecular weight is 450 g/mol. The number of aromatic nitrogens is 2. The third-order valence-electron chi connectivity index (χ3n) is 7.96. The summed E-state index contributed by atoms with van der Waals surface area (Å²) in [4.78, 5) is 23.0. The van der Waals surface area contributed by atoms with Gasteiger partial charge in [-0.1, -0.05) is 39.0 Å². The first-order valence-corrected chi connectivity index (χ1v) is 11.1. The van der Waals surface area contributed by atoms with Gasteiger partial charge in [0.15, 0.2) is 11.4 Å². The highest BCUT2D eigenvalue weighted by Crippen LogP contribution is 2.70. The van der Waals surface area contributed by atoms with Gasteiger partial charge in [0.25, 0.3) is 0 Å². The molecule has 0 spiro atoms. The highest BCUT2D eigenvalue weighted by molar-refractivity contribution is 6.01. The van der Waals surface area contributed by atoms with Gasteiger partial charge in [-0.05, 0) is 54.7 Å². The standard InChI is InChI=1S/C27H23N5O2/c1-25(2)26(3)13-14-27(25,23-22(26)31-20(15-28)21(16-29)32-23)24(33)30-17-9-11-19(12-10-17)34-18-7-5-4-6-8-18/h4-12H,13-14H2,1-3H3,(H,30,33). The number of fused-ring (bicyclic) bond motifs is 5. The molecule has 1 N–H and O–H groups in total. The fourth-order valence-electron chi connectivity index (χ4n) is 5.61. The molecular weight excluding hydrogens is 426 g/mol. The minimum atomic E-state index is -0.955. The molecule has 0 aliphatic heterocycles. The molecule has 1 amide bonds. The molecule has 7 heteroatoms. The monoisotopic (exact) mass is 449 g/mol. The van der Waals surface area contributed by atoms with Crippen molar-refractivity contribution < 1.29 is 9.53 Å². The second-order valence-corrected chi connectivity index (χ2v) is 9.60. The van der Waals surface area contributed by atoms with Crippen molar-refractivity contribution >= 4 is 11.6 Å². The second-order valence-electron chi connectivity index (χ2n) is 9.60. The van der Waals surface area contributed by atoms with Crippen LogP contribution in [0.4, 0.5) is 5.69 Å². The van der Waals surface area contributed by atoms with Crippen LogP contribution in [0.3, 0.4) is 0 Å². The molecule has 1 fully saturated rings. The Balaban J connectivity index is 1.49. The lowest BCUT2D eigenvalue weighted by Crippen LogP contribution is -2.48. The number of carbonyl (C=O) groups is 1. The molecule has 2 unspecified atom stereocenters. The van der Waals surface area contributed by atoms with Gasteiger partial charge in [-0.3, -0.25) is 4.79 Å². The topological polar surface area (TPSA) is 112 Å². The first kappa shape index (κ1) is 21.6. The van der Waals surface area contributed by atoms with Crippen molar-refractivity contribution in [2.75, 3.05) is 5.32 Å². The van der Waals surface area contributed by atoms with Crippen LogP contribution in [0.2, 0.25) is 0 Å². The van der Waals surface area contributed by atoms with E-state index in [2.05, 4.69) is 36.1 Å². The Bertz CT molecular complexity index is 1390. The molecule has 1 heterocycles. The van der Waals surface area contributed by atoms with E-state index in [-0.39, 0.29) is 17.3 Å². The van der Waals surface area contributed by atoms with Gasteiger partial charge in [0, 0.05) is 11.1 Å². The molecule has 2 bridgehead atoms. The zero-order chi connectivity index (χ0) is 24.1. The molecule has 7 nitrogen and oxygen atoms in total. The lowest BCUT2D eigenvalue weighted by Gasteiger charge is -2.39. The van der Waals surface area contributed by atoms with Crippen molar-refractivity contribution in [2.24, 2.45) is 5.41 Å². The van der Waals surface area contributed by atoms with Crippen LogP contribution in [0.15, 0.2) is 54.6 Å². The van der Waals surface area contributed by atoms with Gasteiger partial charge in [-0.25, -0.2) is 9.97 Å². The normalized spacial score (nSPS) is 23.4. The second kappa shape index (κ2) is 7.40. The molecule has 0 saturated heterocycles. The van der Waals surface area contributed by atoms with Gasteiger partial charge >= 0.3 is 0 Å². The zero-order valence-electron chi connectivity index (χ0n) is 19.2. The number of amides is 1. The quantitative estimate of drug-likeness (QED) is 0.601. The fourth-order valence-corrected chi connectivity index (χ4v) is 5.61. The third kappa shape index (κ3) is 2.77. The van der Waals surface area contributed by atoms with E-state index in [1.807, 2.05) is 42.5 Å². The molecule has 1 saturated carbocycles. The number of carbonyl (C=O) groups excluding carboxylic acids is 1. The van der Waals surface area contributed by atoms with Crippen LogP contribution >= 0.6 is 0 Å². The molecule has 34 heavy (non-hydrogen) atoms. The maximum Gasteiger partial charge on any atom is 0.237 e. The predicted molar refractivity (Wildman–Crippen MR) is 125 cm³/mol. The number of rotatable bonds is 4. The van der Waals surface area contributed by atoms with Crippen LogP contribution < -0.4 is 10.1 Å². The van der Waals surface area contributed by atoms with E-state index in [4.69, 9.17) is 4.74 Å². The number of nitrogens with zero attached hydrogens (tertiary/aromatic N) is 4. The highest BCUT2D eigenvalue weighted by Gasteiger charge is 2.73. The van der Waals surface area contributed by atoms with E-state index < -0.39 is 16.2 Å². The van der Waals surface area contributed by atoms with Crippen LogP contribution in [0.25, 0.3) is 0 Å². The number of hydrogen-bond donors (Lipinski definition) is 1. The van der Waals surface area contributed by atoms with Gasteiger partial charge in [0.1, 0.15) is 23.6 Å². The van der Waals surface area contributed by atoms with Crippen molar-refractivity contribution in [3.8, 4) is 23.6 Å². The van der Waals surface area contributed by atoms with E-state index >= 15 is 0 Å². The zero-order valence-corrected chi connectivity index (χ0v) is 19.2. The number of anilines is 1. The summed E-state index contributed by atoms with van der Waals surface area (Å²) >= 11 is 0. The Morgan fingerprint density at radius 3 is 2.09 bits per heavy atom. The molecule has 168 valence electrons. The largest absolute Gasteiger partial charge is 0.457 e. The fraction of sp³-hybridized carbons (Fsp3) is 0.296. The van der Waals surface area contributed by atoms with E-state index in [9.17, 15) is 15.3 Å². The summed E-state index contributed by atoms with van der Waals surface area (Å²) in [5.74, 6) is 1.21. The average Bonchev–Trinajstić information content (AvgIpc) is 3.14. The highest BCUT2D eigenvalue weighted by atomic mass is 16.5. The van der Waals surface area contributed by atoms with Crippen LogP contribution in [0.1, 0.15) is 56.4 Å². The maximum absolute atomic E-state index is 13.9. The predicted octanol–water partition coefficient (Wildman–Crippen LogP) is 4.98. The molecule has 2 atom stereocenters. The third-order valence-corrected chi connectivity index (χ3v) is 7.96. The first-order valence-electron chi connectivity index (χ1n) is 11.1. The van der Waals surface area contributed by atoms with E-state index in [1.54, 1.807) is 24.3 Å².